The first-order valence-corrected chi connectivity index (χ1v) is 9.03. The lowest BCUT2D eigenvalue weighted by Gasteiger charge is -2.15. The van der Waals surface area contributed by atoms with Crippen LogP contribution in [0.3, 0.4) is 0 Å². The summed E-state index contributed by atoms with van der Waals surface area (Å²) in [7, 11) is 0. The highest BCUT2D eigenvalue weighted by Gasteiger charge is 2.47. The number of hydrogen-bond donors (Lipinski definition) is 1. The summed E-state index contributed by atoms with van der Waals surface area (Å²) < 4.78 is 0. The number of nitriles is 1. The second-order valence-electron chi connectivity index (χ2n) is 6.83. The summed E-state index contributed by atoms with van der Waals surface area (Å²) >= 11 is 0. The molecule has 28 heavy (non-hydrogen) atoms. The molecule has 0 spiro atoms. The van der Waals surface area contributed by atoms with Gasteiger partial charge in [-0.25, -0.2) is 0 Å². The van der Waals surface area contributed by atoms with E-state index in [2.05, 4.69) is 5.32 Å². The number of carbonyl (C=O) groups is 3. The van der Waals surface area contributed by atoms with Gasteiger partial charge in [0.15, 0.2) is 0 Å². The first-order valence-electron chi connectivity index (χ1n) is 9.03. The summed E-state index contributed by atoms with van der Waals surface area (Å²) in [4.78, 5) is 39.0. The Kier molecular flexibility index (Phi) is 4.50. The predicted octanol–water partition coefficient (Wildman–Crippen LogP) is 3.27. The lowest BCUT2D eigenvalue weighted by molar-refractivity contribution is -0.122. The molecule has 4 rings (SSSR count). The van der Waals surface area contributed by atoms with E-state index in [1.807, 2.05) is 18.2 Å². The highest BCUT2D eigenvalue weighted by atomic mass is 16.2. The van der Waals surface area contributed by atoms with Crippen molar-refractivity contribution in [1.29, 1.82) is 5.26 Å². The standard InChI is InChI=1S/C22H17N3O3/c23-13-15-5-1-4-8-19(15)24-20(26)14-9-11-16(12-10-14)25-21(27)17-6-2-3-7-18(17)22(25)28/h1-5,8-12,17-18H,6-7H2,(H,24,26). The summed E-state index contributed by atoms with van der Waals surface area (Å²) in [5, 5.41) is 11.8. The summed E-state index contributed by atoms with van der Waals surface area (Å²) in [6.45, 7) is 0. The zero-order valence-electron chi connectivity index (χ0n) is 15.0. The minimum Gasteiger partial charge on any atom is -0.321 e. The number of para-hydroxylation sites is 1. The number of imide groups is 1. The molecule has 1 N–H and O–H groups in total. The van der Waals surface area contributed by atoms with Crippen molar-refractivity contribution in [1.82, 2.24) is 0 Å². The number of rotatable bonds is 3. The Hall–Kier alpha value is -3.72. The number of carbonyl (C=O) groups excluding carboxylic acids is 3. The van der Waals surface area contributed by atoms with Gasteiger partial charge in [0.1, 0.15) is 6.07 Å². The van der Waals surface area contributed by atoms with Crippen LogP contribution < -0.4 is 10.2 Å². The molecule has 1 fully saturated rings. The van der Waals surface area contributed by atoms with Gasteiger partial charge >= 0.3 is 0 Å². The number of hydrogen-bond acceptors (Lipinski definition) is 4. The maximum atomic E-state index is 12.6. The molecule has 1 aliphatic heterocycles. The zero-order chi connectivity index (χ0) is 19.7. The number of anilines is 2. The Bertz CT molecular complexity index is 1010. The van der Waals surface area contributed by atoms with Gasteiger partial charge in [-0.05, 0) is 49.2 Å². The largest absolute Gasteiger partial charge is 0.321 e. The van der Waals surface area contributed by atoms with Crippen molar-refractivity contribution in [3.63, 3.8) is 0 Å². The molecule has 2 aromatic rings. The van der Waals surface area contributed by atoms with Gasteiger partial charge in [0.05, 0.1) is 28.8 Å². The van der Waals surface area contributed by atoms with Gasteiger partial charge in [-0.2, -0.15) is 5.26 Å². The normalized spacial score (nSPS) is 20.6. The van der Waals surface area contributed by atoms with Crippen LogP contribution in [0.4, 0.5) is 11.4 Å². The summed E-state index contributed by atoms with van der Waals surface area (Å²) in [6, 6.07) is 15.1. The molecule has 2 unspecified atom stereocenters. The SMILES string of the molecule is N#Cc1ccccc1NC(=O)c1ccc(N2C(=O)C3CC=CCC3C2=O)cc1. The number of allylic oxidation sites excluding steroid dienone is 2. The second kappa shape index (κ2) is 7.12. The fraction of sp³-hybridized carbons (Fsp3) is 0.182. The molecular weight excluding hydrogens is 354 g/mol. The van der Waals surface area contributed by atoms with E-state index < -0.39 is 0 Å². The molecule has 6 nitrogen and oxygen atoms in total. The first-order chi connectivity index (χ1) is 13.6. The lowest BCUT2D eigenvalue weighted by Crippen LogP contribution is -2.30. The maximum absolute atomic E-state index is 12.6. The molecule has 2 atom stereocenters. The molecule has 138 valence electrons. The predicted molar refractivity (Wildman–Crippen MR) is 103 cm³/mol. The van der Waals surface area contributed by atoms with E-state index in [1.54, 1.807) is 48.5 Å². The van der Waals surface area contributed by atoms with Crippen LogP contribution in [0.1, 0.15) is 28.8 Å². The van der Waals surface area contributed by atoms with Crippen LogP contribution in [0, 0.1) is 23.2 Å². The molecule has 0 bridgehead atoms. The van der Waals surface area contributed by atoms with Gasteiger partial charge in [0.2, 0.25) is 11.8 Å². The Morgan fingerprint density at radius 1 is 0.964 bits per heavy atom. The molecule has 6 heteroatoms. The number of benzene rings is 2. The molecule has 2 aliphatic rings. The van der Waals surface area contributed by atoms with Crippen LogP contribution in [0.25, 0.3) is 0 Å². The van der Waals surface area contributed by atoms with E-state index in [0.717, 1.165) is 0 Å². The van der Waals surface area contributed by atoms with Crippen LogP contribution in [0.5, 0.6) is 0 Å². The molecule has 0 aromatic heterocycles. The van der Waals surface area contributed by atoms with Crippen molar-refractivity contribution in [2.75, 3.05) is 10.2 Å². The highest BCUT2D eigenvalue weighted by Crippen LogP contribution is 2.37. The number of fused-ring (bicyclic) bond motifs is 1. The quantitative estimate of drug-likeness (QED) is 0.662. The van der Waals surface area contributed by atoms with E-state index in [-0.39, 0.29) is 29.6 Å². The van der Waals surface area contributed by atoms with Crippen LogP contribution in [-0.2, 0) is 9.59 Å². The smallest absolute Gasteiger partial charge is 0.255 e. The van der Waals surface area contributed by atoms with Crippen LogP contribution in [-0.4, -0.2) is 17.7 Å². The molecule has 0 saturated carbocycles. The molecule has 1 heterocycles. The van der Waals surface area contributed by atoms with Crippen LogP contribution in [0.15, 0.2) is 60.7 Å². The second-order valence-corrected chi connectivity index (χ2v) is 6.83. The summed E-state index contributed by atoms with van der Waals surface area (Å²) in [5.74, 6) is -1.31. The molecular formula is C22H17N3O3. The zero-order valence-corrected chi connectivity index (χ0v) is 15.0. The van der Waals surface area contributed by atoms with E-state index in [0.29, 0.717) is 35.3 Å². The lowest BCUT2D eigenvalue weighted by atomic mass is 9.85. The van der Waals surface area contributed by atoms with Gasteiger partial charge < -0.3 is 5.32 Å². The van der Waals surface area contributed by atoms with Gasteiger partial charge in [-0.3, -0.25) is 19.3 Å². The molecule has 3 amide bonds. The van der Waals surface area contributed by atoms with Crippen LogP contribution in [0.2, 0.25) is 0 Å². The average molecular weight is 371 g/mol. The molecule has 0 radical (unpaired) electrons. The Morgan fingerprint density at radius 3 is 2.18 bits per heavy atom. The van der Waals surface area contributed by atoms with E-state index >= 15 is 0 Å². The third kappa shape index (κ3) is 2.97. The van der Waals surface area contributed by atoms with Crippen molar-refractivity contribution in [3.05, 3.63) is 71.8 Å². The van der Waals surface area contributed by atoms with E-state index in [9.17, 15) is 14.4 Å². The van der Waals surface area contributed by atoms with Crippen molar-refractivity contribution in [2.45, 2.75) is 12.8 Å². The van der Waals surface area contributed by atoms with Crippen molar-refractivity contribution in [3.8, 4) is 6.07 Å². The number of nitrogens with zero attached hydrogens (tertiary/aromatic N) is 2. The number of amides is 3. The minimum atomic E-state index is -0.369. The number of nitrogens with one attached hydrogen (secondary N) is 1. The van der Waals surface area contributed by atoms with Crippen molar-refractivity contribution in [2.24, 2.45) is 11.8 Å². The van der Waals surface area contributed by atoms with Gasteiger partial charge in [-0.1, -0.05) is 24.3 Å². The molecule has 1 saturated heterocycles. The summed E-state index contributed by atoms with van der Waals surface area (Å²) in [6.07, 6.45) is 5.07. The van der Waals surface area contributed by atoms with Gasteiger partial charge in [0, 0.05) is 5.56 Å². The maximum Gasteiger partial charge on any atom is 0.255 e. The Balaban J connectivity index is 1.53. The minimum absolute atomic E-state index is 0.181. The van der Waals surface area contributed by atoms with Crippen molar-refractivity contribution < 1.29 is 14.4 Å². The topological polar surface area (TPSA) is 90.3 Å². The van der Waals surface area contributed by atoms with Gasteiger partial charge in [-0.15, -0.1) is 0 Å². The van der Waals surface area contributed by atoms with E-state index in [1.165, 1.54) is 4.90 Å². The fourth-order valence-electron chi connectivity index (χ4n) is 3.70. The molecule has 1 aliphatic carbocycles. The monoisotopic (exact) mass is 371 g/mol. The third-order valence-corrected chi connectivity index (χ3v) is 5.19. The van der Waals surface area contributed by atoms with Crippen molar-refractivity contribution >= 4 is 29.1 Å². The third-order valence-electron chi connectivity index (χ3n) is 5.19. The molecule has 2 aromatic carbocycles. The van der Waals surface area contributed by atoms with Crippen LogP contribution >= 0.6 is 0 Å². The summed E-state index contributed by atoms with van der Waals surface area (Å²) in [5.41, 5.74) is 1.64. The Morgan fingerprint density at radius 2 is 1.57 bits per heavy atom. The Labute approximate surface area is 162 Å². The van der Waals surface area contributed by atoms with Gasteiger partial charge in [0.25, 0.3) is 5.91 Å². The highest BCUT2D eigenvalue weighted by molar-refractivity contribution is 6.22. The fourth-order valence-corrected chi connectivity index (χ4v) is 3.70. The van der Waals surface area contributed by atoms with E-state index in [4.69, 9.17) is 5.26 Å². The average Bonchev–Trinajstić information content (AvgIpc) is 2.99. The first kappa shape index (κ1) is 17.7.